The molecule has 4 aromatic rings. The summed E-state index contributed by atoms with van der Waals surface area (Å²) in [6, 6.07) is 16.3. The summed E-state index contributed by atoms with van der Waals surface area (Å²) in [5, 5.41) is 4.08. The zero-order valence-electron chi connectivity index (χ0n) is 15.8. The van der Waals surface area contributed by atoms with Crippen molar-refractivity contribution in [3.05, 3.63) is 83.9 Å². The van der Waals surface area contributed by atoms with E-state index < -0.39 is 0 Å². The number of H-pyrrole nitrogens is 1. The largest absolute Gasteiger partial charge is 0.352 e. The molecule has 0 saturated carbocycles. The molecule has 0 unspecified atom stereocenters. The van der Waals surface area contributed by atoms with Gasteiger partial charge in [0.05, 0.1) is 5.56 Å². The molecule has 0 aliphatic carbocycles. The van der Waals surface area contributed by atoms with Gasteiger partial charge >= 0.3 is 0 Å². The second-order valence-corrected chi connectivity index (χ2v) is 6.83. The van der Waals surface area contributed by atoms with Gasteiger partial charge in [0.15, 0.2) is 0 Å². The van der Waals surface area contributed by atoms with Crippen LogP contribution < -0.4 is 5.32 Å². The third-order valence-corrected chi connectivity index (χ3v) is 4.87. The first kappa shape index (κ1) is 17.9. The van der Waals surface area contributed by atoms with Crippen LogP contribution in [0.5, 0.6) is 0 Å². The summed E-state index contributed by atoms with van der Waals surface area (Å²) < 4.78 is 0. The lowest BCUT2D eigenvalue weighted by atomic mass is 10.0. The minimum Gasteiger partial charge on any atom is -0.352 e. The topological polar surface area (TPSA) is 70.7 Å². The zero-order chi connectivity index (χ0) is 19.3. The number of benzene rings is 1. The van der Waals surface area contributed by atoms with Crippen molar-refractivity contribution in [1.29, 1.82) is 0 Å². The number of carbonyl (C=O) groups is 1. The molecule has 0 aliphatic heterocycles. The summed E-state index contributed by atoms with van der Waals surface area (Å²) in [4.78, 5) is 23.9. The van der Waals surface area contributed by atoms with Gasteiger partial charge in [0.2, 0.25) is 0 Å². The fourth-order valence-electron chi connectivity index (χ4n) is 3.28. The normalized spacial score (nSPS) is 10.9. The van der Waals surface area contributed by atoms with E-state index in [1.54, 1.807) is 18.3 Å². The van der Waals surface area contributed by atoms with Gasteiger partial charge in [-0.2, -0.15) is 0 Å². The van der Waals surface area contributed by atoms with Gasteiger partial charge in [0.1, 0.15) is 5.65 Å². The Balaban J connectivity index is 1.31. The molecular formula is C23H22N4O. The molecule has 140 valence electrons. The van der Waals surface area contributed by atoms with Crippen LogP contribution in [0, 0.1) is 6.92 Å². The van der Waals surface area contributed by atoms with Gasteiger partial charge in [-0.25, -0.2) is 4.98 Å². The van der Waals surface area contributed by atoms with Crippen molar-refractivity contribution in [3.63, 3.8) is 0 Å². The standard InChI is InChI=1S/C23H22N4O/c1-16-21(5-3-11-24-16)23(28)26-12-2-4-17-6-8-18(9-7-17)20-14-19-10-13-25-22(19)27-15-20/h3,5-11,13-15H,2,4,12H2,1H3,(H,25,27)(H,26,28). The molecule has 1 aromatic carbocycles. The Morgan fingerprint density at radius 2 is 1.93 bits per heavy atom. The molecule has 3 heterocycles. The number of carbonyl (C=O) groups excluding carboxylic acids is 1. The average molecular weight is 370 g/mol. The maximum atomic E-state index is 12.2. The highest BCUT2D eigenvalue weighted by atomic mass is 16.1. The smallest absolute Gasteiger partial charge is 0.253 e. The van der Waals surface area contributed by atoms with Crippen LogP contribution in [0.15, 0.2) is 67.1 Å². The van der Waals surface area contributed by atoms with Gasteiger partial charge < -0.3 is 10.3 Å². The number of pyridine rings is 2. The van der Waals surface area contributed by atoms with Gasteiger partial charge in [-0.15, -0.1) is 0 Å². The van der Waals surface area contributed by atoms with E-state index in [0.29, 0.717) is 12.1 Å². The molecule has 0 radical (unpaired) electrons. The van der Waals surface area contributed by atoms with Crippen LogP contribution in [0.1, 0.15) is 28.0 Å². The van der Waals surface area contributed by atoms with E-state index >= 15 is 0 Å². The average Bonchev–Trinajstić information content (AvgIpc) is 3.20. The van der Waals surface area contributed by atoms with E-state index in [4.69, 9.17) is 0 Å². The first-order valence-electron chi connectivity index (χ1n) is 9.43. The molecule has 0 bridgehead atoms. The molecule has 3 aromatic heterocycles. The second-order valence-electron chi connectivity index (χ2n) is 6.83. The SMILES string of the molecule is Cc1ncccc1C(=O)NCCCc1ccc(-c2cnc3[nH]ccc3c2)cc1. The van der Waals surface area contributed by atoms with Gasteiger partial charge in [-0.05, 0) is 55.2 Å². The molecule has 0 atom stereocenters. The summed E-state index contributed by atoms with van der Waals surface area (Å²) in [6.07, 6.45) is 7.30. The molecule has 0 aliphatic rings. The first-order valence-corrected chi connectivity index (χ1v) is 9.43. The molecule has 5 nitrogen and oxygen atoms in total. The van der Waals surface area contributed by atoms with E-state index in [9.17, 15) is 4.79 Å². The van der Waals surface area contributed by atoms with E-state index in [-0.39, 0.29) is 5.91 Å². The number of aromatic nitrogens is 3. The minimum absolute atomic E-state index is 0.0615. The Morgan fingerprint density at radius 1 is 1.07 bits per heavy atom. The third kappa shape index (κ3) is 3.93. The Labute approximate surface area is 163 Å². The number of rotatable bonds is 6. The molecule has 28 heavy (non-hydrogen) atoms. The molecule has 0 saturated heterocycles. The van der Waals surface area contributed by atoms with Crippen molar-refractivity contribution in [2.24, 2.45) is 0 Å². The van der Waals surface area contributed by atoms with E-state index in [1.165, 1.54) is 5.56 Å². The molecule has 1 amide bonds. The van der Waals surface area contributed by atoms with Gasteiger partial charge in [0, 0.05) is 41.8 Å². The van der Waals surface area contributed by atoms with Crippen LogP contribution in [0.4, 0.5) is 0 Å². The molecule has 0 spiro atoms. The lowest BCUT2D eigenvalue weighted by molar-refractivity contribution is 0.0952. The molecule has 4 rings (SSSR count). The van der Waals surface area contributed by atoms with Crippen LogP contribution in [0.2, 0.25) is 0 Å². The van der Waals surface area contributed by atoms with Crippen molar-refractivity contribution >= 4 is 16.9 Å². The highest BCUT2D eigenvalue weighted by Crippen LogP contribution is 2.22. The summed E-state index contributed by atoms with van der Waals surface area (Å²) in [5.74, 6) is -0.0615. The highest BCUT2D eigenvalue weighted by molar-refractivity contribution is 5.95. The molecule has 5 heteroatoms. The predicted molar refractivity (Wildman–Crippen MR) is 111 cm³/mol. The van der Waals surface area contributed by atoms with E-state index in [1.807, 2.05) is 25.4 Å². The second kappa shape index (κ2) is 8.05. The Bertz CT molecular complexity index is 1100. The predicted octanol–water partition coefficient (Wildman–Crippen LogP) is 4.30. The monoisotopic (exact) mass is 370 g/mol. The number of aryl methyl sites for hydroxylation is 2. The quantitative estimate of drug-likeness (QED) is 0.497. The van der Waals surface area contributed by atoms with E-state index in [2.05, 4.69) is 50.6 Å². The highest BCUT2D eigenvalue weighted by Gasteiger charge is 2.08. The fourth-order valence-corrected chi connectivity index (χ4v) is 3.28. The Hall–Kier alpha value is -3.47. The van der Waals surface area contributed by atoms with Gasteiger partial charge in [-0.3, -0.25) is 9.78 Å². The van der Waals surface area contributed by atoms with Crippen molar-refractivity contribution in [2.75, 3.05) is 6.54 Å². The number of amides is 1. The summed E-state index contributed by atoms with van der Waals surface area (Å²) in [5.41, 5.74) is 5.82. The van der Waals surface area contributed by atoms with E-state index in [0.717, 1.165) is 40.7 Å². The van der Waals surface area contributed by atoms with Crippen LogP contribution in [0.3, 0.4) is 0 Å². The number of hydrogen-bond acceptors (Lipinski definition) is 3. The zero-order valence-corrected chi connectivity index (χ0v) is 15.8. The number of nitrogens with one attached hydrogen (secondary N) is 2. The summed E-state index contributed by atoms with van der Waals surface area (Å²) in [7, 11) is 0. The molecule has 0 fully saturated rings. The van der Waals surface area contributed by atoms with Crippen LogP contribution in [0.25, 0.3) is 22.2 Å². The van der Waals surface area contributed by atoms with Crippen molar-refractivity contribution in [1.82, 2.24) is 20.3 Å². The summed E-state index contributed by atoms with van der Waals surface area (Å²) >= 11 is 0. The summed E-state index contributed by atoms with van der Waals surface area (Å²) in [6.45, 7) is 2.49. The van der Waals surface area contributed by atoms with Crippen molar-refractivity contribution in [2.45, 2.75) is 19.8 Å². The molecule has 2 N–H and O–H groups in total. The lowest BCUT2D eigenvalue weighted by Crippen LogP contribution is -2.25. The van der Waals surface area contributed by atoms with Crippen LogP contribution >= 0.6 is 0 Å². The number of fused-ring (bicyclic) bond motifs is 1. The third-order valence-electron chi connectivity index (χ3n) is 4.87. The van der Waals surface area contributed by atoms with Crippen LogP contribution in [-0.2, 0) is 6.42 Å². The maximum absolute atomic E-state index is 12.2. The van der Waals surface area contributed by atoms with Crippen LogP contribution in [-0.4, -0.2) is 27.4 Å². The Morgan fingerprint density at radius 3 is 2.75 bits per heavy atom. The fraction of sp³-hybridized carbons (Fsp3) is 0.174. The minimum atomic E-state index is -0.0615. The number of hydrogen-bond donors (Lipinski definition) is 2. The number of aromatic amines is 1. The van der Waals surface area contributed by atoms with Crippen molar-refractivity contribution in [3.8, 4) is 11.1 Å². The maximum Gasteiger partial charge on any atom is 0.253 e. The first-order chi connectivity index (χ1) is 13.7. The lowest BCUT2D eigenvalue weighted by Gasteiger charge is -2.08. The Kier molecular flexibility index (Phi) is 5.15. The molecular weight excluding hydrogens is 348 g/mol. The van der Waals surface area contributed by atoms with Crippen molar-refractivity contribution < 1.29 is 4.79 Å². The van der Waals surface area contributed by atoms with Gasteiger partial charge in [0.25, 0.3) is 5.91 Å². The number of nitrogens with zero attached hydrogens (tertiary/aromatic N) is 2. The van der Waals surface area contributed by atoms with Gasteiger partial charge in [-0.1, -0.05) is 24.3 Å².